The van der Waals surface area contributed by atoms with Gasteiger partial charge >= 0.3 is 5.69 Å². The average Bonchev–Trinajstić information content (AvgIpc) is 2.56. The molecule has 4 nitrogen and oxygen atoms in total. The SMILES string of the molecule is O=c1[nH]ncn1-c1cc(Cl)ccc1Br. The zero-order valence-corrected chi connectivity index (χ0v) is 9.21. The Morgan fingerprint density at radius 2 is 2.29 bits per heavy atom. The van der Waals surface area contributed by atoms with E-state index < -0.39 is 0 Å². The van der Waals surface area contributed by atoms with Gasteiger partial charge in [-0.25, -0.2) is 14.5 Å². The molecule has 0 saturated carbocycles. The van der Waals surface area contributed by atoms with Gasteiger partial charge in [0, 0.05) is 9.50 Å². The lowest BCUT2D eigenvalue weighted by Crippen LogP contribution is -2.14. The quantitative estimate of drug-likeness (QED) is 0.864. The second-order valence-electron chi connectivity index (χ2n) is 2.63. The normalized spacial score (nSPS) is 10.4. The summed E-state index contributed by atoms with van der Waals surface area (Å²) in [4.78, 5) is 11.3. The van der Waals surface area contributed by atoms with Gasteiger partial charge in [-0.3, -0.25) is 0 Å². The van der Waals surface area contributed by atoms with Crippen LogP contribution in [0.25, 0.3) is 5.69 Å². The molecule has 14 heavy (non-hydrogen) atoms. The predicted octanol–water partition coefficient (Wildman–Crippen LogP) is 1.98. The number of hydrogen-bond acceptors (Lipinski definition) is 2. The van der Waals surface area contributed by atoms with Crippen LogP contribution in [0.1, 0.15) is 0 Å². The molecule has 6 heteroatoms. The number of halogens is 2. The van der Waals surface area contributed by atoms with Crippen molar-refractivity contribution in [3.8, 4) is 5.69 Å². The van der Waals surface area contributed by atoms with E-state index in [2.05, 4.69) is 26.1 Å². The molecule has 0 aliphatic heterocycles. The highest BCUT2D eigenvalue weighted by Crippen LogP contribution is 2.23. The highest BCUT2D eigenvalue weighted by molar-refractivity contribution is 9.10. The molecular weight excluding hydrogens is 269 g/mol. The van der Waals surface area contributed by atoms with Crippen LogP contribution in [0.2, 0.25) is 5.02 Å². The molecule has 72 valence electrons. The minimum atomic E-state index is -0.298. The summed E-state index contributed by atoms with van der Waals surface area (Å²) in [5, 5.41) is 6.50. The molecule has 2 aromatic rings. The summed E-state index contributed by atoms with van der Waals surface area (Å²) in [6, 6.07) is 5.19. The van der Waals surface area contributed by atoms with Gasteiger partial charge in [0.05, 0.1) is 5.69 Å². The van der Waals surface area contributed by atoms with E-state index in [-0.39, 0.29) is 5.69 Å². The van der Waals surface area contributed by atoms with E-state index in [4.69, 9.17) is 11.6 Å². The van der Waals surface area contributed by atoms with E-state index in [9.17, 15) is 4.79 Å². The van der Waals surface area contributed by atoms with Gasteiger partial charge in [0.25, 0.3) is 0 Å². The lowest BCUT2D eigenvalue weighted by Gasteiger charge is -2.03. The number of nitrogens with one attached hydrogen (secondary N) is 1. The van der Waals surface area contributed by atoms with Crippen molar-refractivity contribution >= 4 is 27.5 Å². The first-order chi connectivity index (χ1) is 6.68. The highest BCUT2D eigenvalue weighted by Gasteiger charge is 2.05. The first-order valence-corrected chi connectivity index (χ1v) is 4.93. The summed E-state index contributed by atoms with van der Waals surface area (Å²) in [5.41, 5.74) is 0.365. The van der Waals surface area contributed by atoms with Gasteiger partial charge in [-0.05, 0) is 34.1 Å². The van der Waals surface area contributed by atoms with Crippen molar-refractivity contribution < 1.29 is 0 Å². The minimum Gasteiger partial charge on any atom is -0.249 e. The largest absolute Gasteiger partial charge is 0.347 e. The third-order valence-electron chi connectivity index (χ3n) is 1.72. The first kappa shape index (κ1) is 9.48. The third kappa shape index (κ3) is 1.60. The van der Waals surface area contributed by atoms with Crippen LogP contribution in [0.15, 0.2) is 33.8 Å². The molecule has 1 aromatic heterocycles. The van der Waals surface area contributed by atoms with E-state index in [0.29, 0.717) is 10.7 Å². The van der Waals surface area contributed by atoms with Crippen LogP contribution >= 0.6 is 27.5 Å². The lowest BCUT2D eigenvalue weighted by molar-refractivity contribution is 0.978. The summed E-state index contributed by atoms with van der Waals surface area (Å²) in [6.07, 6.45) is 1.40. The molecule has 0 spiro atoms. The highest BCUT2D eigenvalue weighted by atomic mass is 79.9. The summed E-state index contributed by atoms with van der Waals surface area (Å²) >= 11 is 9.15. The summed E-state index contributed by atoms with van der Waals surface area (Å²) < 4.78 is 2.15. The van der Waals surface area contributed by atoms with Gasteiger partial charge in [0.15, 0.2) is 0 Å². The van der Waals surface area contributed by atoms with Gasteiger partial charge in [-0.15, -0.1) is 0 Å². The van der Waals surface area contributed by atoms with Crippen LogP contribution in [0.4, 0.5) is 0 Å². The average molecular weight is 275 g/mol. The molecule has 1 N–H and O–H groups in total. The summed E-state index contributed by atoms with van der Waals surface area (Å²) in [5.74, 6) is 0. The van der Waals surface area contributed by atoms with Crippen LogP contribution in [0.5, 0.6) is 0 Å². The number of H-pyrrole nitrogens is 1. The van der Waals surface area contributed by atoms with Crippen LogP contribution in [-0.4, -0.2) is 14.8 Å². The van der Waals surface area contributed by atoms with Crippen molar-refractivity contribution in [2.24, 2.45) is 0 Å². The van der Waals surface area contributed by atoms with E-state index >= 15 is 0 Å². The van der Waals surface area contributed by atoms with E-state index in [1.165, 1.54) is 10.9 Å². The standard InChI is InChI=1S/C8H5BrClN3O/c9-6-2-1-5(10)3-7(6)13-4-11-12-8(13)14/h1-4H,(H,12,14). The molecule has 1 heterocycles. The van der Waals surface area contributed by atoms with Crippen LogP contribution < -0.4 is 5.69 Å². The Balaban J connectivity index is 2.68. The van der Waals surface area contributed by atoms with Gasteiger partial charge in [0.2, 0.25) is 0 Å². The Labute approximate surface area is 92.6 Å². The van der Waals surface area contributed by atoms with Gasteiger partial charge in [0.1, 0.15) is 6.33 Å². The smallest absolute Gasteiger partial charge is 0.249 e. The number of nitrogens with zero attached hydrogens (tertiary/aromatic N) is 2. The Kier molecular flexibility index (Phi) is 2.43. The predicted molar refractivity (Wildman–Crippen MR) is 56.9 cm³/mol. The third-order valence-corrected chi connectivity index (χ3v) is 2.63. The Hall–Kier alpha value is -1.07. The molecule has 0 fully saturated rings. The van der Waals surface area contributed by atoms with Crippen LogP contribution in [0, 0.1) is 0 Å². The fraction of sp³-hybridized carbons (Fsp3) is 0. The number of aromatic nitrogens is 3. The van der Waals surface area contributed by atoms with Crippen LogP contribution in [0.3, 0.4) is 0 Å². The molecule has 1 aromatic carbocycles. The van der Waals surface area contributed by atoms with Crippen molar-refractivity contribution in [1.82, 2.24) is 14.8 Å². The first-order valence-electron chi connectivity index (χ1n) is 3.76. The molecule has 0 aliphatic carbocycles. The van der Waals surface area contributed by atoms with Crippen LogP contribution in [-0.2, 0) is 0 Å². The molecule has 0 bridgehead atoms. The lowest BCUT2D eigenvalue weighted by atomic mass is 10.3. The van der Waals surface area contributed by atoms with E-state index in [0.717, 1.165) is 4.47 Å². The van der Waals surface area contributed by atoms with Crippen molar-refractivity contribution in [3.05, 3.63) is 44.5 Å². The zero-order chi connectivity index (χ0) is 10.1. The summed E-state index contributed by atoms with van der Waals surface area (Å²) in [7, 11) is 0. The molecule has 2 rings (SSSR count). The Morgan fingerprint density at radius 3 is 2.93 bits per heavy atom. The molecule has 0 amide bonds. The number of aromatic amines is 1. The molecule has 0 radical (unpaired) electrons. The monoisotopic (exact) mass is 273 g/mol. The Morgan fingerprint density at radius 1 is 1.50 bits per heavy atom. The fourth-order valence-electron chi connectivity index (χ4n) is 1.09. The second-order valence-corrected chi connectivity index (χ2v) is 3.92. The Bertz CT molecular complexity index is 519. The fourth-order valence-corrected chi connectivity index (χ4v) is 1.69. The molecular formula is C8H5BrClN3O. The van der Waals surface area contributed by atoms with Crippen molar-refractivity contribution in [3.63, 3.8) is 0 Å². The minimum absolute atomic E-state index is 0.298. The van der Waals surface area contributed by atoms with Crippen molar-refractivity contribution in [2.75, 3.05) is 0 Å². The van der Waals surface area contributed by atoms with Gasteiger partial charge < -0.3 is 0 Å². The van der Waals surface area contributed by atoms with Gasteiger partial charge in [-0.1, -0.05) is 11.6 Å². The maximum atomic E-state index is 11.3. The second kappa shape index (κ2) is 3.59. The van der Waals surface area contributed by atoms with E-state index in [1.807, 2.05) is 0 Å². The van der Waals surface area contributed by atoms with Crippen molar-refractivity contribution in [1.29, 1.82) is 0 Å². The van der Waals surface area contributed by atoms with E-state index in [1.54, 1.807) is 18.2 Å². The molecule has 0 atom stereocenters. The molecule has 0 aliphatic rings. The maximum absolute atomic E-state index is 11.3. The maximum Gasteiger partial charge on any atom is 0.347 e. The number of hydrogen-bond donors (Lipinski definition) is 1. The molecule has 0 saturated heterocycles. The van der Waals surface area contributed by atoms with Gasteiger partial charge in [-0.2, -0.15) is 5.10 Å². The van der Waals surface area contributed by atoms with Crippen molar-refractivity contribution in [2.45, 2.75) is 0 Å². The topological polar surface area (TPSA) is 50.7 Å². The number of benzene rings is 1. The number of rotatable bonds is 1. The zero-order valence-electron chi connectivity index (χ0n) is 6.87. The summed E-state index contributed by atoms with van der Waals surface area (Å²) in [6.45, 7) is 0. The molecule has 0 unspecified atom stereocenters.